The average Bonchev–Trinajstić information content (AvgIpc) is 3.19. The maximum absolute atomic E-state index is 13.2. The van der Waals surface area contributed by atoms with E-state index in [2.05, 4.69) is 15.9 Å². The van der Waals surface area contributed by atoms with Crippen LogP contribution in [0, 0.1) is 0 Å². The van der Waals surface area contributed by atoms with E-state index in [1.54, 1.807) is 7.11 Å². The molecule has 0 bridgehead atoms. The Bertz CT molecular complexity index is 871. The minimum absolute atomic E-state index is 0.0228. The zero-order chi connectivity index (χ0) is 19.8. The van der Waals surface area contributed by atoms with E-state index in [-0.39, 0.29) is 16.5 Å². The van der Waals surface area contributed by atoms with E-state index < -0.39 is 21.7 Å². The number of hydrogen-bond donors (Lipinski definition) is 0. The van der Waals surface area contributed by atoms with E-state index in [1.807, 2.05) is 6.92 Å². The Hall–Kier alpha value is -1.29. The Morgan fingerprint density at radius 1 is 1.30 bits per heavy atom. The molecule has 0 saturated carbocycles. The molecule has 1 aromatic rings. The number of carbonyl (C=O) groups is 2. The molecule has 3 rings (SSSR count). The molecule has 1 amide bonds. The molecule has 0 aromatic heterocycles. The SMILES string of the molecule is CCCCN1C(=O)C(=O)c2cc(S(=O)(=O)N3CCC[C@H]3COC)cc(Br)c21. The van der Waals surface area contributed by atoms with Crippen LogP contribution in [0.15, 0.2) is 21.5 Å². The minimum Gasteiger partial charge on any atom is -0.383 e. The van der Waals surface area contributed by atoms with Crippen molar-refractivity contribution in [3.8, 4) is 0 Å². The summed E-state index contributed by atoms with van der Waals surface area (Å²) in [6.07, 6.45) is 3.15. The summed E-state index contributed by atoms with van der Waals surface area (Å²) in [4.78, 5) is 26.3. The van der Waals surface area contributed by atoms with Gasteiger partial charge in [0.15, 0.2) is 0 Å². The van der Waals surface area contributed by atoms with E-state index in [0.717, 1.165) is 25.7 Å². The topological polar surface area (TPSA) is 84.0 Å². The van der Waals surface area contributed by atoms with Crippen LogP contribution in [0.1, 0.15) is 43.0 Å². The van der Waals surface area contributed by atoms with Crippen molar-refractivity contribution in [2.75, 3.05) is 31.7 Å². The van der Waals surface area contributed by atoms with Gasteiger partial charge in [0.05, 0.1) is 22.8 Å². The van der Waals surface area contributed by atoms with Crippen LogP contribution >= 0.6 is 15.9 Å². The fourth-order valence-corrected chi connectivity index (χ4v) is 6.22. The molecule has 2 heterocycles. The summed E-state index contributed by atoms with van der Waals surface area (Å²) in [6.45, 7) is 3.18. The number of unbranched alkanes of at least 4 members (excludes halogenated alkanes) is 1. The minimum atomic E-state index is -3.79. The third-order valence-electron chi connectivity index (χ3n) is 5.01. The van der Waals surface area contributed by atoms with Crippen molar-refractivity contribution in [1.82, 2.24) is 4.31 Å². The zero-order valence-corrected chi connectivity index (χ0v) is 17.8. The van der Waals surface area contributed by atoms with Gasteiger partial charge in [-0.2, -0.15) is 4.31 Å². The molecular weight excluding hydrogens is 436 g/mol. The number of ether oxygens (including phenoxy) is 1. The molecule has 0 N–H and O–H groups in total. The smallest absolute Gasteiger partial charge is 0.299 e. The first-order chi connectivity index (χ1) is 12.8. The molecule has 0 spiro atoms. The molecule has 1 aromatic carbocycles. The van der Waals surface area contributed by atoms with Crippen LogP contribution in [0.5, 0.6) is 0 Å². The maximum atomic E-state index is 13.2. The molecule has 1 saturated heterocycles. The van der Waals surface area contributed by atoms with Crippen molar-refractivity contribution < 1.29 is 22.7 Å². The van der Waals surface area contributed by atoms with Crippen molar-refractivity contribution in [3.63, 3.8) is 0 Å². The van der Waals surface area contributed by atoms with Crippen LogP contribution < -0.4 is 4.90 Å². The second kappa shape index (κ2) is 7.98. The Labute approximate surface area is 167 Å². The number of ketones is 1. The van der Waals surface area contributed by atoms with Gasteiger partial charge in [0, 0.05) is 30.7 Å². The molecule has 0 radical (unpaired) electrons. The Balaban J connectivity index is 2.01. The van der Waals surface area contributed by atoms with Crippen LogP contribution in [0.2, 0.25) is 0 Å². The van der Waals surface area contributed by atoms with E-state index in [4.69, 9.17) is 4.74 Å². The number of sulfonamides is 1. The lowest BCUT2D eigenvalue weighted by Gasteiger charge is -2.24. The molecule has 27 heavy (non-hydrogen) atoms. The van der Waals surface area contributed by atoms with Gasteiger partial charge in [0.25, 0.3) is 11.7 Å². The summed E-state index contributed by atoms with van der Waals surface area (Å²) in [5.74, 6) is -1.26. The standard InChI is InChI=1S/C18H23BrN2O5S/c1-3-4-7-20-16-14(17(22)18(20)23)9-13(10-15(16)19)27(24,25)21-8-5-6-12(21)11-26-2/h9-10,12H,3-8,11H2,1-2H3/t12-/m0/s1. The van der Waals surface area contributed by atoms with Gasteiger partial charge in [-0.3, -0.25) is 9.59 Å². The summed E-state index contributed by atoms with van der Waals surface area (Å²) in [7, 11) is -2.24. The van der Waals surface area contributed by atoms with Crippen LogP contribution in [0.4, 0.5) is 5.69 Å². The maximum Gasteiger partial charge on any atom is 0.299 e. The van der Waals surface area contributed by atoms with Gasteiger partial charge in [-0.05, 0) is 47.3 Å². The third kappa shape index (κ3) is 3.57. The highest BCUT2D eigenvalue weighted by atomic mass is 79.9. The number of methoxy groups -OCH3 is 1. The van der Waals surface area contributed by atoms with Gasteiger partial charge in [0.1, 0.15) is 0 Å². The predicted molar refractivity (Wildman–Crippen MR) is 105 cm³/mol. The monoisotopic (exact) mass is 458 g/mol. The number of benzene rings is 1. The number of hydrogen-bond acceptors (Lipinski definition) is 5. The third-order valence-corrected chi connectivity index (χ3v) is 7.55. The number of carbonyl (C=O) groups excluding carboxylic acids is 2. The summed E-state index contributed by atoms with van der Waals surface area (Å²) >= 11 is 3.38. The summed E-state index contributed by atoms with van der Waals surface area (Å²) in [5, 5.41) is 0. The zero-order valence-electron chi connectivity index (χ0n) is 15.4. The van der Waals surface area contributed by atoms with Gasteiger partial charge in [-0.25, -0.2) is 8.42 Å². The molecule has 0 aliphatic carbocycles. The van der Waals surface area contributed by atoms with Gasteiger partial charge < -0.3 is 9.64 Å². The summed E-state index contributed by atoms with van der Waals surface area (Å²) in [5.41, 5.74) is 0.610. The lowest BCUT2D eigenvalue weighted by Crippen LogP contribution is -2.38. The number of Topliss-reactive ketones (excluding diaryl/α,β-unsaturated/α-hetero) is 1. The highest BCUT2D eigenvalue weighted by Crippen LogP contribution is 2.39. The normalized spacial score (nSPS) is 20.6. The Morgan fingerprint density at radius 2 is 2.04 bits per heavy atom. The number of anilines is 1. The van der Waals surface area contributed by atoms with Crippen molar-refractivity contribution in [1.29, 1.82) is 0 Å². The summed E-state index contributed by atoms with van der Waals surface area (Å²) < 4.78 is 33.3. The van der Waals surface area contributed by atoms with Crippen LogP contribution in [-0.2, 0) is 19.6 Å². The first-order valence-electron chi connectivity index (χ1n) is 9.03. The lowest BCUT2D eigenvalue weighted by atomic mass is 10.1. The first-order valence-corrected chi connectivity index (χ1v) is 11.3. The Kier molecular flexibility index (Phi) is 6.05. The summed E-state index contributed by atoms with van der Waals surface area (Å²) in [6, 6.07) is 2.61. The van der Waals surface area contributed by atoms with Crippen molar-refractivity contribution in [3.05, 3.63) is 22.2 Å². The van der Waals surface area contributed by atoms with E-state index in [0.29, 0.717) is 29.9 Å². The van der Waals surface area contributed by atoms with E-state index >= 15 is 0 Å². The highest BCUT2D eigenvalue weighted by molar-refractivity contribution is 9.10. The molecule has 1 atom stereocenters. The van der Waals surface area contributed by atoms with Gasteiger partial charge in [0.2, 0.25) is 10.0 Å². The second-order valence-corrected chi connectivity index (χ2v) is 9.55. The largest absolute Gasteiger partial charge is 0.383 e. The molecular formula is C18H23BrN2O5S. The van der Waals surface area contributed by atoms with E-state index in [9.17, 15) is 18.0 Å². The first kappa shape index (κ1) is 20.4. The fraction of sp³-hybridized carbons (Fsp3) is 0.556. The molecule has 1 fully saturated rings. The van der Waals surface area contributed by atoms with E-state index in [1.165, 1.54) is 21.3 Å². The van der Waals surface area contributed by atoms with Gasteiger partial charge in [-0.15, -0.1) is 0 Å². The number of rotatable bonds is 7. The molecule has 7 nitrogen and oxygen atoms in total. The number of halogens is 1. The number of fused-ring (bicyclic) bond motifs is 1. The van der Waals surface area contributed by atoms with Crippen LogP contribution in [0.3, 0.4) is 0 Å². The quantitative estimate of drug-likeness (QED) is 0.586. The highest BCUT2D eigenvalue weighted by Gasteiger charge is 2.40. The van der Waals surface area contributed by atoms with Crippen LogP contribution in [0.25, 0.3) is 0 Å². The molecule has 9 heteroatoms. The number of nitrogens with zero attached hydrogens (tertiary/aromatic N) is 2. The lowest BCUT2D eigenvalue weighted by molar-refractivity contribution is -0.114. The van der Waals surface area contributed by atoms with Gasteiger partial charge in [-0.1, -0.05) is 13.3 Å². The molecule has 2 aliphatic rings. The van der Waals surface area contributed by atoms with Crippen LogP contribution in [-0.4, -0.2) is 57.3 Å². The Morgan fingerprint density at radius 3 is 2.70 bits per heavy atom. The van der Waals surface area contributed by atoms with Crippen molar-refractivity contribution >= 4 is 43.3 Å². The van der Waals surface area contributed by atoms with Gasteiger partial charge >= 0.3 is 0 Å². The van der Waals surface area contributed by atoms with Crippen molar-refractivity contribution in [2.24, 2.45) is 0 Å². The molecule has 2 aliphatic heterocycles. The molecule has 0 unspecified atom stereocenters. The average molecular weight is 459 g/mol. The number of amides is 1. The molecule has 148 valence electrons. The predicted octanol–water partition coefficient (Wildman–Crippen LogP) is 2.58. The second-order valence-electron chi connectivity index (χ2n) is 6.81. The fourth-order valence-electron chi connectivity index (χ4n) is 3.66. The van der Waals surface area contributed by atoms with Crippen molar-refractivity contribution in [2.45, 2.75) is 43.5 Å².